The summed E-state index contributed by atoms with van der Waals surface area (Å²) in [6, 6.07) is 6.09. The van der Waals surface area contributed by atoms with E-state index in [1.807, 2.05) is 0 Å². The van der Waals surface area contributed by atoms with Crippen molar-refractivity contribution in [1.82, 2.24) is 5.32 Å². The molecule has 0 unspecified atom stereocenters. The summed E-state index contributed by atoms with van der Waals surface area (Å²) in [7, 11) is -3.72. The molecule has 0 spiro atoms. The van der Waals surface area contributed by atoms with Gasteiger partial charge in [0, 0.05) is 18.4 Å². The standard InChI is InChI=1S/C20H26N2O6S/c21-29(26,27)17-6-4-13(5-7-17)8-9-22-18(23)12-28-20(25)16-10-14-2-1-3-15(11-16)19(14)24/h4-7,14-16H,1-3,8-12H2,(H,22,23)(H2,21,26,27)/t14-,15-/m1/s1. The minimum atomic E-state index is -3.72. The first-order valence-corrected chi connectivity index (χ1v) is 11.4. The highest BCUT2D eigenvalue weighted by molar-refractivity contribution is 7.89. The summed E-state index contributed by atoms with van der Waals surface area (Å²) in [6.07, 6.45) is 4.29. The smallest absolute Gasteiger partial charge is 0.309 e. The molecule has 0 saturated heterocycles. The maximum atomic E-state index is 12.3. The summed E-state index contributed by atoms with van der Waals surface area (Å²) in [5.74, 6) is -0.873. The fourth-order valence-electron chi connectivity index (χ4n) is 4.17. The predicted octanol–water partition coefficient (Wildman–Crippen LogP) is 0.931. The predicted molar refractivity (Wildman–Crippen MR) is 104 cm³/mol. The SMILES string of the molecule is NS(=O)(=O)c1ccc(CCNC(=O)COC(=O)C2C[C@H]3CCC[C@H](C2)C3=O)cc1. The number of fused-ring (bicyclic) bond motifs is 2. The minimum Gasteiger partial charge on any atom is -0.455 e. The van der Waals surface area contributed by atoms with Crippen molar-refractivity contribution in [2.24, 2.45) is 22.9 Å². The first-order valence-electron chi connectivity index (χ1n) is 9.83. The largest absolute Gasteiger partial charge is 0.455 e. The Morgan fingerprint density at radius 1 is 1.10 bits per heavy atom. The van der Waals surface area contributed by atoms with Gasteiger partial charge in [-0.25, -0.2) is 13.6 Å². The minimum absolute atomic E-state index is 0.0328. The zero-order chi connectivity index (χ0) is 21.0. The van der Waals surface area contributed by atoms with E-state index in [-0.39, 0.29) is 35.0 Å². The van der Waals surface area contributed by atoms with E-state index in [0.29, 0.717) is 25.8 Å². The highest BCUT2D eigenvalue weighted by Crippen LogP contribution is 2.40. The van der Waals surface area contributed by atoms with E-state index in [1.165, 1.54) is 12.1 Å². The van der Waals surface area contributed by atoms with Gasteiger partial charge in [-0.3, -0.25) is 14.4 Å². The molecule has 29 heavy (non-hydrogen) atoms. The van der Waals surface area contributed by atoms with Crippen molar-refractivity contribution < 1.29 is 27.5 Å². The summed E-state index contributed by atoms with van der Waals surface area (Å²) in [4.78, 5) is 36.3. The number of carbonyl (C=O) groups excluding carboxylic acids is 3. The third-order valence-electron chi connectivity index (χ3n) is 5.71. The second-order valence-electron chi connectivity index (χ2n) is 7.79. The number of hydrogen-bond acceptors (Lipinski definition) is 6. The Hall–Kier alpha value is -2.26. The van der Waals surface area contributed by atoms with E-state index in [2.05, 4.69) is 5.32 Å². The third-order valence-corrected chi connectivity index (χ3v) is 6.64. The van der Waals surface area contributed by atoms with Crippen molar-refractivity contribution in [3.05, 3.63) is 29.8 Å². The molecule has 2 saturated carbocycles. The van der Waals surface area contributed by atoms with Gasteiger partial charge < -0.3 is 10.1 Å². The van der Waals surface area contributed by atoms with Crippen LogP contribution in [-0.4, -0.2) is 39.2 Å². The zero-order valence-corrected chi connectivity index (χ0v) is 16.9. The van der Waals surface area contributed by atoms with Crippen molar-refractivity contribution in [2.45, 2.75) is 43.4 Å². The van der Waals surface area contributed by atoms with E-state index in [4.69, 9.17) is 9.88 Å². The van der Waals surface area contributed by atoms with Gasteiger partial charge in [-0.1, -0.05) is 18.6 Å². The maximum Gasteiger partial charge on any atom is 0.309 e. The molecule has 0 aliphatic heterocycles. The Bertz CT molecular complexity index is 865. The van der Waals surface area contributed by atoms with Crippen molar-refractivity contribution in [3.8, 4) is 0 Å². The maximum absolute atomic E-state index is 12.3. The van der Waals surface area contributed by atoms with Gasteiger partial charge in [0.2, 0.25) is 10.0 Å². The number of sulfonamides is 1. The topological polar surface area (TPSA) is 133 Å². The number of rotatable bonds is 7. The molecule has 2 bridgehead atoms. The van der Waals surface area contributed by atoms with Gasteiger partial charge in [-0.15, -0.1) is 0 Å². The summed E-state index contributed by atoms with van der Waals surface area (Å²) in [5, 5.41) is 7.72. The molecule has 2 atom stereocenters. The van der Waals surface area contributed by atoms with Crippen LogP contribution in [0.5, 0.6) is 0 Å². The Morgan fingerprint density at radius 2 is 1.72 bits per heavy atom. The Kier molecular flexibility index (Phi) is 6.69. The molecule has 9 heteroatoms. The number of nitrogens with two attached hydrogens (primary N) is 1. The molecule has 0 aromatic heterocycles. The monoisotopic (exact) mass is 422 g/mol. The van der Waals surface area contributed by atoms with Crippen LogP contribution in [0.15, 0.2) is 29.2 Å². The second kappa shape index (κ2) is 9.04. The number of ketones is 1. The van der Waals surface area contributed by atoms with E-state index < -0.39 is 21.9 Å². The number of Topliss-reactive ketones (excluding diaryl/α,β-unsaturated/α-hetero) is 1. The van der Waals surface area contributed by atoms with Gasteiger partial charge in [0.05, 0.1) is 10.8 Å². The molecule has 2 aliphatic rings. The number of benzene rings is 1. The molecule has 1 amide bonds. The lowest BCUT2D eigenvalue weighted by Gasteiger charge is -2.36. The zero-order valence-electron chi connectivity index (χ0n) is 16.1. The molecular weight excluding hydrogens is 396 g/mol. The number of hydrogen-bond donors (Lipinski definition) is 2. The molecule has 1 aromatic rings. The number of nitrogens with one attached hydrogen (secondary N) is 1. The van der Waals surface area contributed by atoms with Crippen LogP contribution in [-0.2, 0) is 35.6 Å². The van der Waals surface area contributed by atoms with Gasteiger partial charge >= 0.3 is 5.97 Å². The lowest BCUT2D eigenvalue weighted by molar-refractivity contribution is -0.156. The summed E-state index contributed by atoms with van der Waals surface area (Å²) >= 11 is 0. The van der Waals surface area contributed by atoms with Crippen LogP contribution in [0.2, 0.25) is 0 Å². The molecule has 3 rings (SSSR count). The van der Waals surface area contributed by atoms with Crippen molar-refractivity contribution in [1.29, 1.82) is 0 Å². The van der Waals surface area contributed by atoms with Gasteiger partial charge in [0.25, 0.3) is 5.91 Å². The number of esters is 1. The second-order valence-corrected chi connectivity index (χ2v) is 9.35. The number of amides is 1. The Labute approximate surface area is 170 Å². The van der Waals surface area contributed by atoms with Crippen molar-refractivity contribution in [2.75, 3.05) is 13.2 Å². The number of carbonyl (C=O) groups is 3. The molecule has 0 radical (unpaired) electrons. The van der Waals surface area contributed by atoms with E-state index in [1.54, 1.807) is 12.1 Å². The molecular formula is C20H26N2O6S. The normalized spacial score (nSPS) is 24.0. The average Bonchev–Trinajstić information content (AvgIpc) is 2.65. The van der Waals surface area contributed by atoms with Gasteiger partial charge in [0.15, 0.2) is 6.61 Å². The van der Waals surface area contributed by atoms with Crippen molar-refractivity contribution >= 4 is 27.7 Å². The van der Waals surface area contributed by atoms with Gasteiger partial charge in [0.1, 0.15) is 5.78 Å². The molecule has 1 aromatic carbocycles. The quantitative estimate of drug-likeness (QED) is 0.628. The first kappa shape index (κ1) is 21.4. The summed E-state index contributed by atoms with van der Waals surface area (Å²) in [5.41, 5.74) is 0.841. The van der Waals surface area contributed by atoms with E-state index in [0.717, 1.165) is 24.8 Å². The molecule has 2 aliphatic carbocycles. The average molecular weight is 423 g/mol. The highest BCUT2D eigenvalue weighted by Gasteiger charge is 2.41. The third kappa shape index (κ3) is 5.63. The van der Waals surface area contributed by atoms with Gasteiger partial charge in [-0.2, -0.15) is 0 Å². The summed E-state index contributed by atoms with van der Waals surface area (Å²) in [6.45, 7) is -0.0177. The van der Waals surface area contributed by atoms with Crippen LogP contribution < -0.4 is 10.5 Å². The lowest BCUT2D eigenvalue weighted by atomic mass is 9.67. The fourth-order valence-corrected chi connectivity index (χ4v) is 4.69. The first-order chi connectivity index (χ1) is 13.7. The van der Waals surface area contributed by atoms with E-state index >= 15 is 0 Å². The van der Waals surface area contributed by atoms with Gasteiger partial charge in [-0.05, 0) is 49.8 Å². The number of ether oxygens (including phenoxy) is 1. The Balaban J connectivity index is 1.38. The number of primary sulfonamides is 1. The Morgan fingerprint density at radius 3 is 2.31 bits per heavy atom. The lowest BCUT2D eigenvalue weighted by Crippen LogP contribution is -2.40. The van der Waals surface area contributed by atoms with Crippen LogP contribution in [0.1, 0.15) is 37.7 Å². The summed E-state index contributed by atoms with van der Waals surface area (Å²) < 4.78 is 27.6. The van der Waals surface area contributed by atoms with E-state index in [9.17, 15) is 22.8 Å². The molecule has 3 N–H and O–H groups in total. The van der Waals surface area contributed by atoms with Crippen LogP contribution >= 0.6 is 0 Å². The van der Waals surface area contributed by atoms with Crippen molar-refractivity contribution in [3.63, 3.8) is 0 Å². The van der Waals surface area contributed by atoms with Crippen LogP contribution in [0.4, 0.5) is 0 Å². The molecule has 2 fully saturated rings. The van der Waals surface area contributed by atoms with Crippen LogP contribution in [0, 0.1) is 17.8 Å². The molecule has 158 valence electrons. The highest BCUT2D eigenvalue weighted by atomic mass is 32.2. The molecule has 8 nitrogen and oxygen atoms in total. The fraction of sp³-hybridized carbons (Fsp3) is 0.550. The van der Waals surface area contributed by atoms with Crippen LogP contribution in [0.3, 0.4) is 0 Å². The van der Waals surface area contributed by atoms with Crippen LogP contribution in [0.25, 0.3) is 0 Å². The molecule has 0 heterocycles.